The molecule has 1 aromatic heterocycles. The summed E-state index contributed by atoms with van der Waals surface area (Å²) in [5, 5.41) is 44.3. The first-order chi connectivity index (χ1) is 16.2. The Bertz CT molecular complexity index is 1160. The van der Waals surface area contributed by atoms with E-state index in [1.165, 1.54) is 16.9 Å². The predicted octanol–water partition coefficient (Wildman–Crippen LogP) is 0.0867. The van der Waals surface area contributed by atoms with Gasteiger partial charge in [0.1, 0.15) is 18.3 Å². The lowest BCUT2D eigenvalue weighted by atomic mass is 9.86. The molecule has 1 aromatic carbocycles. The number of likely N-dealkylation sites (tertiary alicyclic amines) is 1. The number of carboxylic acids is 1. The number of thiophene rings is 1. The third kappa shape index (κ3) is 3.73. The van der Waals surface area contributed by atoms with Gasteiger partial charge in [-0.2, -0.15) is 0 Å². The Hall–Kier alpha value is -2.40. The van der Waals surface area contributed by atoms with E-state index in [4.69, 9.17) is 4.74 Å². The second kappa shape index (κ2) is 8.67. The van der Waals surface area contributed by atoms with Crippen LogP contribution in [-0.2, 0) is 16.0 Å². The zero-order chi connectivity index (χ0) is 24.2. The highest BCUT2D eigenvalue weighted by atomic mass is 32.1. The predicted molar refractivity (Wildman–Crippen MR) is 122 cm³/mol. The average Bonchev–Trinajstić information content (AvgIpc) is 3.25. The molecule has 1 aliphatic carbocycles. The summed E-state index contributed by atoms with van der Waals surface area (Å²) in [4.78, 5) is 25.1. The molecular weight excluding hydrogens is 458 g/mol. The number of ketones is 1. The summed E-state index contributed by atoms with van der Waals surface area (Å²) in [6.45, 7) is 1.05. The van der Waals surface area contributed by atoms with E-state index in [0.29, 0.717) is 32.4 Å². The summed E-state index contributed by atoms with van der Waals surface area (Å²) in [5.41, 5.74) is 5.29. The number of carbonyl (C=O) groups excluding carboxylic acids is 2. The number of fused-ring (bicyclic) bond motifs is 2. The van der Waals surface area contributed by atoms with Crippen LogP contribution in [0, 0.1) is 0 Å². The van der Waals surface area contributed by atoms with Crippen molar-refractivity contribution in [2.45, 2.75) is 49.9 Å². The maximum atomic E-state index is 12.9. The van der Waals surface area contributed by atoms with E-state index in [9.17, 15) is 30.0 Å². The molecule has 3 heterocycles. The van der Waals surface area contributed by atoms with E-state index >= 15 is 0 Å². The molecule has 2 aliphatic heterocycles. The molecule has 0 unspecified atom stereocenters. The largest absolute Gasteiger partial charge is 0.547 e. The summed E-state index contributed by atoms with van der Waals surface area (Å²) in [6.07, 6.45) is -5.94. The topological polar surface area (TPSA) is 127 Å². The molecule has 9 heteroatoms. The molecule has 5 rings (SSSR count). The minimum absolute atomic E-state index is 0.115. The first-order valence-corrected chi connectivity index (χ1v) is 12.3. The van der Waals surface area contributed by atoms with Crippen molar-refractivity contribution in [3.8, 4) is 0 Å². The number of Topliss-reactive ketones (excluding diaryl/α,β-unsaturated/α-hetero) is 1. The van der Waals surface area contributed by atoms with Gasteiger partial charge in [0, 0.05) is 24.8 Å². The van der Waals surface area contributed by atoms with Crippen molar-refractivity contribution in [3.05, 3.63) is 62.9 Å². The molecule has 0 saturated carbocycles. The van der Waals surface area contributed by atoms with Crippen LogP contribution in [0.15, 0.2) is 41.3 Å². The number of aliphatic hydroxyl groups is 3. The molecule has 0 bridgehead atoms. The van der Waals surface area contributed by atoms with Crippen LogP contribution in [0.25, 0.3) is 5.57 Å². The average molecular weight is 486 g/mol. The number of carbonyl (C=O) groups is 2. The summed E-state index contributed by atoms with van der Waals surface area (Å²) in [5.74, 6) is -1.51. The second-order valence-electron chi connectivity index (χ2n) is 9.56. The van der Waals surface area contributed by atoms with Gasteiger partial charge in [0.05, 0.1) is 31.0 Å². The SMILES string of the molecule is C[N+]1([C@@H]2O[C@H](C(=O)[O-])[C@@H](O)[C@H](O)[C@H]2O)CCC(=C2c3ccccc3CC(=O)c3sccc32)CC1. The molecule has 2 aromatic rings. The Labute approximate surface area is 200 Å². The molecule has 2 saturated heterocycles. The first kappa shape index (κ1) is 23.3. The van der Waals surface area contributed by atoms with E-state index in [2.05, 4.69) is 6.07 Å². The van der Waals surface area contributed by atoms with Gasteiger partial charge >= 0.3 is 0 Å². The first-order valence-electron chi connectivity index (χ1n) is 11.4. The number of rotatable bonds is 2. The van der Waals surface area contributed by atoms with Crippen molar-refractivity contribution in [1.82, 2.24) is 0 Å². The Balaban J connectivity index is 1.49. The van der Waals surface area contributed by atoms with Gasteiger partial charge in [0.2, 0.25) is 6.23 Å². The molecule has 0 radical (unpaired) electrons. The highest BCUT2D eigenvalue weighted by molar-refractivity contribution is 7.12. The van der Waals surface area contributed by atoms with Crippen LogP contribution in [0.1, 0.15) is 39.2 Å². The summed E-state index contributed by atoms with van der Waals surface area (Å²) in [6, 6.07) is 9.96. The van der Waals surface area contributed by atoms with E-state index < -0.39 is 36.6 Å². The lowest BCUT2D eigenvalue weighted by Crippen LogP contribution is -2.71. The summed E-state index contributed by atoms with van der Waals surface area (Å²) < 4.78 is 5.77. The number of hydrogen-bond acceptors (Lipinski definition) is 8. The Morgan fingerprint density at radius 3 is 2.47 bits per heavy atom. The van der Waals surface area contributed by atoms with Crippen LogP contribution in [0.4, 0.5) is 0 Å². The van der Waals surface area contributed by atoms with Crippen molar-refractivity contribution in [2.75, 3.05) is 20.1 Å². The molecule has 3 aliphatic rings. The minimum atomic E-state index is -1.76. The van der Waals surface area contributed by atoms with Crippen LogP contribution in [0.2, 0.25) is 0 Å². The molecule has 0 amide bonds. The van der Waals surface area contributed by atoms with Gasteiger partial charge in [-0.1, -0.05) is 29.8 Å². The molecule has 3 N–H and O–H groups in total. The van der Waals surface area contributed by atoms with E-state index in [1.807, 2.05) is 36.7 Å². The fourth-order valence-corrected chi connectivity index (χ4v) is 6.35. The lowest BCUT2D eigenvalue weighted by Gasteiger charge is -2.51. The number of quaternary nitrogens is 1. The zero-order valence-corrected chi connectivity index (χ0v) is 19.5. The number of aliphatic hydroxyl groups excluding tert-OH is 3. The molecule has 180 valence electrons. The Morgan fingerprint density at radius 1 is 1.06 bits per heavy atom. The van der Waals surface area contributed by atoms with Crippen molar-refractivity contribution < 1.29 is 39.2 Å². The number of nitrogens with zero attached hydrogens (tertiary/aromatic N) is 1. The summed E-state index contributed by atoms with van der Waals surface area (Å²) >= 11 is 1.46. The van der Waals surface area contributed by atoms with Crippen molar-refractivity contribution >= 4 is 28.7 Å². The third-order valence-electron chi connectivity index (χ3n) is 7.46. The molecule has 34 heavy (non-hydrogen) atoms. The highest BCUT2D eigenvalue weighted by Crippen LogP contribution is 2.42. The van der Waals surface area contributed by atoms with Crippen LogP contribution >= 0.6 is 11.3 Å². The molecule has 5 atom stereocenters. The Morgan fingerprint density at radius 2 is 1.76 bits per heavy atom. The van der Waals surface area contributed by atoms with E-state index in [1.54, 1.807) is 0 Å². The van der Waals surface area contributed by atoms with Crippen LogP contribution < -0.4 is 5.11 Å². The smallest absolute Gasteiger partial charge is 0.223 e. The van der Waals surface area contributed by atoms with Crippen LogP contribution in [-0.4, -0.2) is 82.3 Å². The lowest BCUT2D eigenvalue weighted by molar-refractivity contribution is -0.963. The van der Waals surface area contributed by atoms with Gasteiger partial charge in [0.25, 0.3) is 0 Å². The molecule has 8 nitrogen and oxygen atoms in total. The second-order valence-corrected chi connectivity index (χ2v) is 10.5. The number of aliphatic carboxylic acids is 1. The maximum absolute atomic E-state index is 12.9. The van der Waals surface area contributed by atoms with E-state index in [-0.39, 0.29) is 10.3 Å². The number of piperidine rings is 1. The number of ether oxygens (including phenoxy) is 1. The standard InChI is InChI=1S/C25H27NO7S/c1-26(24-21(30)19(28)20(29)22(33-24)25(31)32)9-6-13(7-10-26)18-15-5-3-2-4-14(15)12-17(27)23-16(18)8-11-34-23/h2-5,8,11,19-22,24,28-30H,6-7,9-10,12H2,1H3/t19-,20-,21+,22-,24+,26?/m0/s1. The number of benzene rings is 1. The third-order valence-corrected chi connectivity index (χ3v) is 8.42. The normalized spacial score (nSPS) is 33.8. The van der Waals surface area contributed by atoms with Crippen LogP contribution in [0.5, 0.6) is 0 Å². The molecule has 0 spiro atoms. The quantitative estimate of drug-likeness (QED) is 0.515. The fraction of sp³-hybridized carbons (Fsp3) is 0.440. The highest BCUT2D eigenvalue weighted by Gasteiger charge is 2.52. The number of likely N-dealkylation sites (N-methyl/N-ethyl adjacent to an activating group) is 1. The van der Waals surface area contributed by atoms with Gasteiger partial charge in [0.15, 0.2) is 11.9 Å². The van der Waals surface area contributed by atoms with Gasteiger partial charge in [-0.3, -0.25) is 9.28 Å². The molecule has 2 fully saturated rings. The Kier molecular flexibility index (Phi) is 5.96. The zero-order valence-electron chi connectivity index (χ0n) is 18.7. The monoisotopic (exact) mass is 485 g/mol. The van der Waals surface area contributed by atoms with Crippen molar-refractivity contribution in [1.29, 1.82) is 0 Å². The fourth-order valence-electron chi connectivity index (χ4n) is 5.51. The van der Waals surface area contributed by atoms with E-state index in [0.717, 1.165) is 27.1 Å². The van der Waals surface area contributed by atoms with Gasteiger partial charge in [-0.25, -0.2) is 0 Å². The number of carboxylic acid groups (broad SMARTS) is 1. The van der Waals surface area contributed by atoms with Crippen molar-refractivity contribution in [3.63, 3.8) is 0 Å². The maximum Gasteiger partial charge on any atom is 0.223 e. The van der Waals surface area contributed by atoms with Crippen molar-refractivity contribution in [2.24, 2.45) is 0 Å². The van der Waals surface area contributed by atoms with Gasteiger partial charge in [-0.15, -0.1) is 11.3 Å². The van der Waals surface area contributed by atoms with Gasteiger partial charge in [-0.05, 0) is 28.1 Å². The van der Waals surface area contributed by atoms with Crippen LogP contribution in [0.3, 0.4) is 0 Å². The molecular formula is C25H27NO7S. The van der Waals surface area contributed by atoms with Gasteiger partial charge < -0.3 is 30.0 Å². The minimum Gasteiger partial charge on any atom is -0.547 e. The number of hydrogen-bond donors (Lipinski definition) is 3. The summed E-state index contributed by atoms with van der Waals surface area (Å²) in [7, 11) is 1.85.